The first-order chi connectivity index (χ1) is 12.4. The van der Waals surface area contributed by atoms with Crippen LogP contribution in [-0.2, 0) is 16.1 Å². The maximum atomic E-state index is 12.6. The zero-order chi connectivity index (χ0) is 18.7. The van der Waals surface area contributed by atoms with Crippen molar-refractivity contribution in [3.8, 4) is 0 Å². The number of anilines is 1. The number of benzene rings is 1. The van der Waals surface area contributed by atoms with Gasteiger partial charge in [-0.3, -0.25) is 9.59 Å². The van der Waals surface area contributed by atoms with Gasteiger partial charge in [0, 0.05) is 37.3 Å². The Morgan fingerprint density at radius 2 is 1.69 bits per heavy atom. The first kappa shape index (κ1) is 18.7. The summed E-state index contributed by atoms with van der Waals surface area (Å²) in [5.74, 6) is 0.0221. The van der Waals surface area contributed by atoms with Crippen LogP contribution >= 0.6 is 0 Å². The monoisotopic (exact) mass is 357 g/mol. The van der Waals surface area contributed by atoms with E-state index in [0.717, 1.165) is 31.5 Å². The molecular weight excluding hydrogens is 326 g/mol. The number of likely N-dealkylation sites (tertiary alicyclic amines) is 1. The smallest absolute Gasteiger partial charge is 0.243 e. The third-order valence-electron chi connectivity index (χ3n) is 5.33. The Hall–Kier alpha value is -2.04. The van der Waals surface area contributed by atoms with Crippen LogP contribution in [0.25, 0.3) is 0 Å². The molecule has 0 radical (unpaired) electrons. The first-order valence-corrected chi connectivity index (χ1v) is 9.79. The van der Waals surface area contributed by atoms with E-state index >= 15 is 0 Å². The van der Waals surface area contributed by atoms with Crippen LogP contribution in [0.1, 0.15) is 52.0 Å². The molecular formula is C21H31N3O2. The van der Waals surface area contributed by atoms with Crippen LogP contribution in [-0.4, -0.2) is 42.4 Å². The van der Waals surface area contributed by atoms with Gasteiger partial charge in [-0.05, 0) is 43.4 Å². The van der Waals surface area contributed by atoms with Crippen molar-refractivity contribution in [2.24, 2.45) is 5.41 Å². The topological polar surface area (TPSA) is 52.7 Å². The minimum Gasteiger partial charge on any atom is -0.372 e. The minimum atomic E-state index is -0.450. The quantitative estimate of drug-likeness (QED) is 0.901. The molecule has 1 aromatic rings. The second kappa shape index (κ2) is 7.68. The van der Waals surface area contributed by atoms with Gasteiger partial charge in [0.1, 0.15) is 6.04 Å². The van der Waals surface area contributed by atoms with E-state index in [1.165, 1.54) is 18.5 Å². The highest BCUT2D eigenvalue weighted by Crippen LogP contribution is 2.25. The first-order valence-electron chi connectivity index (χ1n) is 9.79. The van der Waals surface area contributed by atoms with Crippen molar-refractivity contribution in [1.29, 1.82) is 0 Å². The Kier molecular flexibility index (Phi) is 5.54. The van der Waals surface area contributed by atoms with Crippen LogP contribution < -0.4 is 10.2 Å². The molecule has 1 aromatic carbocycles. The summed E-state index contributed by atoms with van der Waals surface area (Å²) in [5.41, 5.74) is 1.90. The maximum Gasteiger partial charge on any atom is 0.243 e. The lowest BCUT2D eigenvalue weighted by molar-refractivity contribution is -0.144. The summed E-state index contributed by atoms with van der Waals surface area (Å²) < 4.78 is 0. The summed E-state index contributed by atoms with van der Waals surface area (Å²) in [5, 5.41) is 3.02. The molecule has 1 N–H and O–H groups in total. The average molecular weight is 357 g/mol. The van der Waals surface area contributed by atoms with Crippen molar-refractivity contribution in [1.82, 2.24) is 10.2 Å². The third kappa shape index (κ3) is 4.19. The number of nitrogens with one attached hydrogen (secondary N) is 1. The van der Waals surface area contributed by atoms with Crippen molar-refractivity contribution < 1.29 is 9.59 Å². The van der Waals surface area contributed by atoms with Crippen LogP contribution in [0, 0.1) is 5.41 Å². The van der Waals surface area contributed by atoms with Crippen molar-refractivity contribution >= 4 is 17.5 Å². The molecule has 0 aliphatic carbocycles. The van der Waals surface area contributed by atoms with Gasteiger partial charge in [0.25, 0.3) is 0 Å². The van der Waals surface area contributed by atoms with E-state index in [9.17, 15) is 9.59 Å². The summed E-state index contributed by atoms with van der Waals surface area (Å²) in [7, 11) is 0. The molecule has 142 valence electrons. The Bertz CT molecular complexity index is 642. The standard InChI is InChI=1S/C21H31N3O2/c1-21(2,3)20(26)24-14-6-7-18(24)19(25)22-15-16-8-10-17(11-9-16)23-12-4-5-13-23/h8-11,18H,4-7,12-15H2,1-3H3,(H,22,25). The van der Waals surface area contributed by atoms with Gasteiger partial charge in [-0.2, -0.15) is 0 Å². The lowest BCUT2D eigenvalue weighted by Gasteiger charge is -2.30. The predicted molar refractivity (Wildman–Crippen MR) is 104 cm³/mol. The highest BCUT2D eigenvalue weighted by molar-refractivity contribution is 5.90. The SMILES string of the molecule is CC(C)(C)C(=O)N1CCCC1C(=O)NCc1ccc(N2CCCC2)cc1. The number of carbonyl (C=O) groups excluding carboxylic acids is 2. The molecule has 3 rings (SSSR count). The molecule has 2 amide bonds. The van der Waals surface area contributed by atoms with E-state index in [1.807, 2.05) is 20.8 Å². The molecule has 1 unspecified atom stereocenters. The molecule has 0 bridgehead atoms. The molecule has 2 fully saturated rings. The summed E-state index contributed by atoms with van der Waals surface area (Å²) in [6, 6.07) is 8.11. The Morgan fingerprint density at radius 1 is 1.04 bits per heavy atom. The lowest BCUT2D eigenvalue weighted by atomic mass is 9.94. The van der Waals surface area contributed by atoms with Gasteiger partial charge in [0.05, 0.1) is 0 Å². The van der Waals surface area contributed by atoms with Gasteiger partial charge in [-0.25, -0.2) is 0 Å². The summed E-state index contributed by atoms with van der Waals surface area (Å²) in [6.45, 7) is 9.18. The molecule has 5 heteroatoms. The largest absolute Gasteiger partial charge is 0.372 e. The average Bonchev–Trinajstić information content (AvgIpc) is 3.30. The Labute approximate surface area is 156 Å². The van der Waals surface area contributed by atoms with Crippen LogP contribution in [0.5, 0.6) is 0 Å². The molecule has 5 nitrogen and oxygen atoms in total. The molecule has 1 atom stereocenters. The zero-order valence-electron chi connectivity index (χ0n) is 16.3. The summed E-state index contributed by atoms with van der Waals surface area (Å²) in [6.07, 6.45) is 4.18. The van der Waals surface area contributed by atoms with Gasteiger partial charge >= 0.3 is 0 Å². The molecule has 0 spiro atoms. The van der Waals surface area contributed by atoms with Gasteiger partial charge in [0.2, 0.25) is 11.8 Å². The lowest BCUT2D eigenvalue weighted by Crippen LogP contribution is -2.49. The molecule has 2 saturated heterocycles. The van der Waals surface area contributed by atoms with Crippen molar-refractivity contribution in [2.75, 3.05) is 24.5 Å². The summed E-state index contributed by atoms with van der Waals surface area (Å²) >= 11 is 0. The molecule has 0 aromatic heterocycles. The van der Waals surface area contributed by atoms with Crippen LogP contribution in [0.2, 0.25) is 0 Å². The molecule has 26 heavy (non-hydrogen) atoms. The van der Waals surface area contributed by atoms with Crippen molar-refractivity contribution in [3.63, 3.8) is 0 Å². The van der Waals surface area contributed by atoms with Gasteiger partial charge in [-0.15, -0.1) is 0 Å². The molecule has 2 heterocycles. The van der Waals surface area contributed by atoms with E-state index in [0.29, 0.717) is 13.1 Å². The fraction of sp³-hybridized carbons (Fsp3) is 0.619. The minimum absolute atomic E-state index is 0.0382. The van der Waals surface area contributed by atoms with Crippen LogP contribution in [0.15, 0.2) is 24.3 Å². The normalized spacial score (nSPS) is 20.5. The molecule has 2 aliphatic rings. The number of hydrogen-bond donors (Lipinski definition) is 1. The van der Waals surface area contributed by atoms with Crippen molar-refractivity contribution in [2.45, 2.75) is 59.0 Å². The second-order valence-corrected chi connectivity index (χ2v) is 8.48. The number of rotatable bonds is 4. The third-order valence-corrected chi connectivity index (χ3v) is 5.33. The Balaban J connectivity index is 1.55. The van der Waals surface area contributed by atoms with E-state index in [1.54, 1.807) is 4.90 Å². The van der Waals surface area contributed by atoms with E-state index in [-0.39, 0.29) is 17.9 Å². The van der Waals surface area contributed by atoms with E-state index in [4.69, 9.17) is 0 Å². The molecule has 0 saturated carbocycles. The number of hydrogen-bond acceptors (Lipinski definition) is 3. The number of carbonyl (C=O) groups is 2. The Morgan fingerprint density at radius 3 is 2.31 bits per heavy atom. The van der Waals surface area contributed by atoms with Gasteiger partial charge < -0.3 is 15.1 Å². The number of nitrogens with zero attached hydrogens (tertiary/aromatic N) is 2. The fourth-order valence-electron chi connectivity index (χ4n) is 3.82. The molecule has 2 aliphatic heterocycles. The highest BCUT2D eigenvalue weighted by atomic mass is 16.2. The maximum absolute atomic E-state index is 12.6. The van der Waals surface area contributed by atoms with Gasteiger partial charge in [0.15, 0.2) is 0 Å². The highest BCUT2D eigenvalue weighted by Gasteiger charge is 2.38. The van der Waals surface area contributed by atoms with Gasteiger partial charge in [-0.1, -0.05) is 32.9 Å². The van der Waals surface area contributed by atoms with Crippen molar-refractivity contribution in [3.05, 3.63) is 29.8 Å². The van der Waals surface area contributed by atoms with Crippen LogP contribution in [0.4, 0.5) is 5.69 Å². The fourth-order valence-corrected chi connectivity index (χ4v) is 3.82. The zero-order valence-corrected chi connectivity index (χ0v) is 16.3. The predicted octanol–water partition coefficient (Wildman–Crippen LogP) is 2.94. The van der Waals surface area contributed by atoms with E-state index < -0.39 is 5.41 Å². The summed E-state index contributed by atoms with van der Waals surface area (Å²) in [4.78, 5) is 29.3. The van der Waals surface area contributed by atoms with E-state index in [2.05, 4.69) is 34.5 Å². The number of amides is 2. The second-order valence-electron chi connectivity index (χ2n) is 8.48. The van der Waals surface area contributed by atoms with Crippen LogP contribution in [0.3, 0.4) is 0 Å².